The molecule has 1 unspecified atom stereocenters. The first-order valence-electron chi connectivity index (χ1n) is 11.3. The number of para-hydroxylation sites is 2. The number of nitrogens with zero attached hydrogens (tertiary/aromatic N) is 6. The second-order valence-electron chi connectivity index (χ2n) is 9.41. The number of amides is 2. The van der Waals surface area contributed by atoms with E-state index >= 15 is 0 Å². The number of nitrogen functional groups attached to an aromatic ring is 1. The van der Waals surface area contributed by atoms with Crippen molar-refractivity contribution in [2.45, 2.75) is 45.3 Å². The molecular weight excluding hydrogens is 452 g/mol. The molecule has 0 bridgehead atoms. The summed E-state index contributed by atoms with van der Waals surface area (Å²) in [6.45, 7) is 6.42. The highest BCUT2D eigenvalue weighted by Gasteiger charge is 2.32. The maximum absolute atomic E-state index is 13.2. The summed E-state index contributed by atoms with van der Waals surface area (Å²) in [5.74, 6) is -0.426. The Balaban J connectivity index is 1.45. The molecule has 35 heavy (non-hydrogen) atoms. The number of likely N-dealkylation sites (tertiary alicyclic amines) is 1. The molecule has 1 aliphatic rings. The average Bonchev–Trinajstić information content (AvgIpc) is 3.40. The molecule has 1 aliphatic heterocycles. The van der Waals surface area contributed by atoms with E-state index in [2.05, 4.69) is 25.4 Å². The van der Waals surface area contributed by atoms with Crippen LogP contribution in [0.1, 0.15) is 50.1 Å². The summed E-state index contributed by atoms with van der Waals surface area (Å²) in [5.41, 5.74) is 7.16. The Labute approximate surface area is 200 Å². The van der Waals surface area contributed by atoms with E-state index in [1.807, 2.05) is 32.9 Å². The summed E-state index contributed by atoms with van der Waals surface area (Å²) in [4.78, 5) is 40.2. The van der Waals surface area contributed by atoms with Gasteiger partial charge in [-0.2, -0.15) is 10.1 Å². The van der Waals surface area contributed by atoms with Crippen molar-refractivity contribution >= 4 is 46.0 Å². The van der Waals surface area contributed by atoms with Crippen LogP contribution in [-0.2, 0) is 4.74 Å². The van der Waals surface area contributed by atoms with Crippen molar-refractivity contribution in [3.63, 3.8) is 0 Å². The van der Waals surface area contributed by atoms with Crippen LogP contribution in [0.15, 0.2) is 35.0 Å². The zero-order valence-electron chi connectivity index (χ0n) is 19.7. The van der Waals surface area contributed by atoms with Gasteiger partial charge in [-0.15, -0.1) is 0 Å². The standard InChI is InChI=1S/C23H26N8O4/c1-23(2,3)35-22(33)30-10-6-7-13(11-30)31-19-16(18(24)25-12-26-19)17(29-31)20(32)28-21-27-14-8-4-5-9-15(14)34-21/h4-5,8-9,12-13H,6-7,10-11H2,1-3H3,(H2,24,25,26)(H,27,28,32). The van der Waals surface area contributed by atoms with Gasteiger partial charge in [-0.1, -0.05) is 12.1 Å². The van der Waals surface area contributed by atoms with Gasteiger partial charge in [0.05, 0.1) is 11.4 Å². The van der Waals surface area contributed by atoms with E-state index in [1.54, 1.807) is 21.7 Å². The lowest BCUT2D eigenvalue weighted by molar-refractivity contribution is 0.0168. The van der Waals surface area contributed by atoms with Gasteiger partial charge in [0, 0.05) is 13.1 Å². The second kappa shape index (κ2) is 8.53. The Hall–Kier alpha value is -4.22. The minimum Gasteiger partial charge on any atom is -0.444 e. The number of benzene rings is 1. The fourth-order valence-electron chi connectivity index (χ4n) is 4.14. The van der Waals surface area contributed by atoms with Crippen LogP contribution in [0.5, 0.6) is 0 Å². The Morgan fingerprint density at radius 3 is 2.80 bits per heavy atom. The lowest BCUT2D eigenvalue weighted by Crippen LogP contribution is -2.43. The highest BCUT2D eigenvalue weighted by molar-refractivity contribution is 6.12. The molecule has 12 nitrogen and oxygen atoms in total. The lowest BCUT2D eigenvalue weighted by Gasteiger charge is -2.34. The van der Waals surface area contributed by atoms with Crippen molar-refractivity contribution < 1.29 is 18.7 Å². The number of nitrogens with one attached hydrogen (secondary N) is 1. The summed E-state index contributed by atoms with van der Waals surface area (Å²) in [6, 6.07) is 7.00. The summed E-state index contributed by atoms with van der Waals surface area (Å²) in [5, 5.41) is 7.54. The Bertz CT molecular complexity index is 1390. The summed E-state index contributed by atoms with van der Waals surface area (Å²) in [7, 11) is 0. The van der Waals surface area contributed by atoms with Gasteiger partial charge in [0.1, 0.15) is 23.3 Å². The van der Waals surface area contributed by atoms with Crippen LogP contribution >= 0.6 is 0 Å². The molecule has 12 heteroatoms. The second-order valence-corrected chi connectivity index (χ2v) is 9.41. The number of ether oxygens (including phenoxy) is 1. The highest BCUT2D eigenvalue weighted by Crippen LogP contribution is 2.30. The molecule has 3 aromatic heterocycles. The van der Waals surface area contributed by atoms with Gasteiger partial charge < -0.3 is 19.8 Å². The van der Waals surface area contributed by atoms with Gasteiger partial charge in [0.2, 0.25) is 0 Å². The fourth-order valence-corrected chi connectivity index (χ4v) is 4.14. The Kier molecular flexibility index (Phi) is 5.50. The Morgan fingerprint density at radius 1 is 1.23 bits per heavy atom. The van der Waals surface area contributed by atoms with Gasteiger partial charge in [-0.25, -0.2) is 19.4 Å². The maximum atomic E-state index is 13.2. The molecule has 5 rings (SSSR count). The number of hydrogen-bond acceptors (Lipinski definition) is 9. The van der Waals surface area contributed by atoms with E-state index in [0.29, 0.717) is 35.2 Å². The van der Waals surface area contributed by atoms with Crippen LogP contribution in [0, 0.1) is 0 Å². The number of carbonyl (C=O) groups is 2. The molecule has 0 saturated carbocycles. The minimum absolute atomic E-state index is 0.0445. The molecule has 0 aliphatic carbocycles. The van der Waals surface area contributed by atoms with Crippen LogP contribution in [-0.4, -0.2) is 60.3 Å². The van der Waals surface area contributed by atoms with Gasteiger partial charge in [0.25, 0.3) is 5.91 Å². The highest BCUT2D eigenvalue weighted by atomic mass is 16.6. The molecule has 182 valence electrons. The molecule has 3 N–H and O–H groups in total. The predicted molar refractivity (Wildman–Crippen MR) is 128 cm³/mol. The van der Waals surface area contributed by atoms with Crippen molar-refractivity contribution in [1.29, 1.82) is 0 Å². The molecule has 1 saturated heterocycles. The molecule has 1 aromatic carbocycles. The first-order valence-corrected chi connectivity index (χ1v) is 11.3. The Morgan fingerprint density at radius 2 is 2.03 bits per heavy atom. The van der Waals surface area contributed by atoms with Gasteiger partial charge in [-0.05, 0) is 45.7 Å². The smallest absolute Gasteiger partial charge is 0.410 e. The van der Waals surface area contributed by atoms with Crippen LogP contribution in [0.3, 0.4) is 0 Å². The van der Waals surface area contributed by atoms with Crippen molar-refractivity contribution in [1.82, 2.24) is 29.6 Å². The van der Waals surface area contributed by atoms with E-state index in [1.165, 1.54) is 6.33 Å². The molecule has 2 amide bonds. The summed E-state index contributed by atoms with van der Waals surface area (Å²) >= 11 is 0. The first-order chi connectivity index (χ1) is 16.7. The van der Waals surface area contributed by atoms with Crippen molar-refractivity contribution in [3.05, 3.63) is 36.3 Å². The molecule has 0 radical (unpaired) electrons. The van der Waals surface area contributed by atoms with Crippen LogP contribution in [0.4, 0.5) is 16.6 Å². The maximum Gasteiger partial charge on any atom is 0.410 e. The molecule has 1 atom stereocenters. The van der Waals surface area contributed by atoms with E-state index in [4.69, 9.17) is 14.9 Å². The van der Waals surface area contributed by atoms with E-state index < -0.39 is 11.5 Å². The third-order valence-corrected chi connectivity index (χ3v) is 5.64. The molecule has 4 aromatic rings. The van der Waals surface area contributed by atoms with Crippen LogP contribution in [0.25, 0.3) is 22.1 Å². The normalized spacial score (nSPS) is 16.5. The average molecular weight is 479 g/mol. The zero-order valence-corrected chi connectivity index (χ0v) is 19.7. The monoisotopic (exact) mass is 478 g/mol. The quantitative estimate of drug-likeness (QED) is 0.451. The number of nitrogens with two attached hydrogens (primary N) is 1. The number of carbonyl (C=O) groups excluding carboxylic acids is 2. The van der Waals surface area contributed by atoms with Gasteiger partial charge in [0.15, 0.2) is 16.9 Å². The number of anilines is 2. The largest absolute Gasteiger partial charge is 0.444 e. The van der Waals surface area contributed by atoms with Gasteiger partial charge in [-0.3, -0.25) is 10.1 Å². The van der Waals surface area contributed by atoms with E-state index in [-0.39, 0.29) is 29.7 Å². The van der Waals surface area contributed by atoms with E-state index in [0.717, 1.165) is 12.8 Å². The third-order valence-electron chi connectivity index (χ3n) is 5.64. The number of oxazole rings is 1. The van der Waals surface area contributed by atoms with Gasteiger partial charge >= 0.3 is 12.1 Å². The third kappa shape index (κ3) is 4.46. The number of piperidine rings is 1. The SMILES string of the molecule is CC(C)(C)OC(=O)N1CCCC(n2nc(C(=O)Nc3nc4ccccc4o3)c3c(N)ncnc32)C1. The number of hydrogen-bond donors (Lipinski definition) is 2. The topological polar surface area (TPSA) is 154 Å². The minimum atomic E-state index is -0.597. The lowest BCUT2D eigenvalue weighted by atomic mass is 10.1. The van der Waals surface area contributed by atoms with Crippen LogP contribution < -0.4 is 11.1 Å². The predicted octanol–water partition coefficient (Wildman–Crippen LogP) is 3.37. The number of fused-ring (bicyclic) bond motifs is 2. The fraction of sp³-hybridized carbons (Fsp3) is 0.391. The zero-order chi connectivity index (χ0) is 24.7. The van der Waals surface area contributed by atoms with Crippen molar-refractivity contribution in [2.24, 2.45) is 0 Å². The summed E-state index contributed by atoms with van der Waals surface area (Å²) < 4.78 is 12.8. The number of aromatic nitrogens is 5. The van der Waals surface area contributed by atoms with Crippen LogP contribution in [0.2, 0.25) is 0 Å². The van der Waals surface area contributed by atoms with Crippen molar-refractivity contribution in [3.8, 4) is 0 Å². The number of rotatable bonds is 3. The molecule has 4 heterocycles. The molecule has 1 fully saturated rings. The van der Waals surface area contributed by atoms with E-state index in [9.17, 15) is 9.59 Å². The van der Waals surface area contributed by atoms with Crippen molar-refractivity contribution in [2.75, 3.05) is 24.1 Å². The molecular formula is C23H26N8O4. The molecule has 0 spiro atoms. The first kappa shape index (κ1) is 22.6. The summed E-state index contributed by atoms with van der Waals surface area (Å²) in [6.07, 6.45) is 2.43.